The van der Waals surface area contributed by atoms with Gasteiger partial charge in [0, 0.05) is 5.56 Å². The number of carbonyl (C=O) groups is 4. The predicted molar refractivity (Wildman–Crippen MR) is 197 cm³/mol. The number of carboxylic acid groups (broad SMARTS) is 1. The number of hydrogen-bond acceptors (Lipinski definition) is 10. The molecule has 55 heavy (non-hydrogen) atoms. The van der Waals surface area contributed by atoms with Crippen LogP contribution in [0.5, 0.6) is 5.75 Å². The lowest BCUT2D eigenvalue weighted by Gasteiger charge is -2.19. The van der Waals surface area contributed by atoms with E-state index in [2.05, 4.69) is 15.6 Å². The Labute approximate surface area is 310 Å². The molecule has 278 valence electrons. The van der Waals surface area contributed by atoms with Gasteiger partial charge in [-0.1, -0.05) is 72.8 Å². The van der Waals surface area contributed by atoms with Crippen LogP contribution in [0.2, 0.25) is 0 Å². The zero-order valence-electron chi connectivity index (χ0n) is 28.8. The zero-order valence-corrected chi connectivity index (χ0v) is 28.8. The van der Waals surface area contributed by atoms with Gasteiger partial charge in [0.05, 0.1) is 18.0 Å². The third-order valence-corrected chi connectivity index (χ3v) is 8.19. The van der Waals surface area contributed by atoms with E-state index in [4.69, 9.17) is 13.9 Å². The number of aromatic nitrogens is 2. The molecule has 0 aliphatic heterocycles. The van der Waals surface area contributed by atoms with E-state index in [9.17, 15) is 38.3 Å². The first-order chi connectivity index (χ1) is 26.6. The second kappa shape index (κ2) is 16.9. The number of carbonyl (C=O) groups excluding carboxylic acids is 3. The Morgan fingerprint density at radius 2 is 1.53 bits per heavy atom. The Bertz CT molecular complexity index is 2490. The minimum Gasteiger partial charge on any atom is -0.484 e. The van der Waals surface area contributed by atoms with E-state index in [-0.39, 0.29) is 40.6 Å². The lowest BCUT2D eigenvalue weighted by Crippen LogP contribution is -2.46. The van der Waals surface area contributed by atoms with Gasteiger partial charge < -0.3 is 24.3 Å². The molecule has 2 aromatic heterocycles. The van der Waals surface area contributed by atoms with Gasteiger partial charge in [0.25, 0.3) is 5.56 Å². The highest BCUT2D eigenvalue weighted by Gasteiger charge is 2.27. The van der Waals surface area contributed by atoms with E-state index in [1.807, 2.05) is 0 Å². The smallest absolute Gasteiger partial charge is 0.412 e. The molecule has 15 heteroatoms. The van der Waals surface area contributed by atoms with Crippen molar-refractivity contribution in [3.8, 4) is 28.3 Å². The number of nitrogens with zero attached hydrogens (tertiary/aromatic N) is 2. The minimum atomic E-state index is -1.65. The number of rotatable bonds is 14. The van der Waals surface area contributed by atoms with Crippen LogP contribution in [0.1, 0.15) is 12.0 Å². The van der Waals surface area contributed by atoms with Gasteiger partial charge in [0.2, 0.25) is 5.91 Å². The van der Waals surface area contributed by atoms with Crippen LogP contribution in [0.4, 0.5) is 14.9 Å². The number of halogens is 1. The molecule has 14 nitrogen and oxygen atoms in total. The van der Waals surface area contributed by atoms with Crippen molar-refractivity contribution in [3.63, 3.8) is 0 Å². The summed E-state index contributed by atoms with van der Waals surface area (Å²) in [6.45, 7) is -1.67. The van der Waals surface area contributed by atoms with Crippen molar-refractivity contribution in [1.82, 2.24) is 14.9 Å². The Kier molecular flexibility index (Phi) is 11.5. The summed E-state index contributed by atoms with van der Waals surface area (Å²) in [7, 11) is 0. The SMILES string of the molecule is O=C(O)C[C@H](NC(=O)Cn1c(-c2ccc(F)cc2)ncc(NC(=O)OCc2ccccc2)c1=O)C(=O)COc1c(-c2ccccc2)c(=O)oc2ccccc12. The number of benzene rings is 4. The molecule has 0 spiro atoms. The van der Waals surface area contributed by atoms with Crippen molar-refractivity contribution in [1.29, 1.82) is 0 Å². The molecule has 0 unspecified atom stereocenters. The van der Waals surface area contributed by atoms with Crippen LogP contribution in [0.3, 0.4) is 0 Å². The summed E-state index contributed by atoms with van der Waals surface area (Å²) < 4.78 is 31.2. The average Bonchev–Trinajstić information content (AvgIpc) is 3.18. The summed E-state index contributed by atoms with van der Waals surface area (Å²) >= 11 is 0. The van der Waals surface area contributed by atoms with Crippen LogP contribution in [0.25, 0.3) is 33.5 Å². The van der Waals surface area contributed by atoms with E-state index < -0.39 is 66.4 Å². The molecule has 2 amide bonds. The Balaban J connectivity index is 1.24. The van der Waals surface area contributed by atoms with Crippen molar-refractivity contribution in [3.05, 3.63) is 148 Å². The fraction of sp³-hybridized carbons (Fsp3) is 0.125. The van der Waals surface area contributed by atoms with Crippen LogP contribution in [-0.4, -0.2) is 51.1 Å². The van der Waals surface area contributed by atoms with Crippen LogP contribution in [0, 0.1) is 5.82 Å². The highest BCUT2D eigenvalue weighted by atomic mass is 19.1. The standard InChI is InChI=1S/C40H31FN4O10/c41-27-17-15-26(16-18-27)37-42-20-30(44-40(52)54-22-24-9-3-1-4-10-24)38(50)45(37)21-33(47)43-29(19-34(48)49)31(46)23-53-36-28-13-7-8-14-32(28)55-39(51)35(36)25-11-5-2-6-12-25/h1-18,20,29H,19,21-23H2,(H,43,47)(H,44,52)(H,48,49)/t29-/m0/s1. The maximum atomic E-state index is 13.8. The number of ketones is 1. The lowest BCUT2D eigenvalue weighted by molar-refractivity contribution is -0.140. The van der Waals surface area contributed by atoms with Crippen LogP contribution >= 0.6 is 0 Å². The Morgan fingerprint density at radius 3 is 2.24 bits per heavy atom. The van der Waals surface area contributed by atoms with E-state index in [1.165, 1.54) is 12.1 Å². The molecule has 0 bridgehead atoms. The third-order valence-electron chi connectivity index (χ3n) is 8.19. The first-order valence-electron chi connectivity index (χ1n) is 16.7. The lowest BCUT2D eigenvalue weighted by atomic mass is 10.0. The molecule has 3 N–H and O–H groups in total. The van der Waals surface area contributed by atoms with Crippen molar-refractivity contribution in [2.45, 2.75) is 25.6 Å². The molecule has 0 fully saturated rings. The molecule has 0 radical (unpaired) electrons. The highest BCUT2D eigenvalue weighted by molar-refractivity contribution is 5.95. The van der Waals surface area contributed by atoms with Crippen LogP contribution in [-0.2, 0) is 32.3 Å². The summed E-state index contributed by atoms with van der Waals surface area (Å²) in [5, 5.41) is 14.7. The summed E-state index contributed by atoms with van der Waals surface area (Å²) in [5.41, 5.74) is -0.440. The summed E-state index contributed by atoms with van der Waals surface area (Å²) in [5.74, 6) is -3.94. The number of carboxylic acids is 1. The van der Waals surface area contributed by atoms with Gasteiger partial charge in [0.1, 0.15) is 60.0 Å². The van der Waals surface area contributed by atoms with Crippen molar-refractivity contribution < 1.29 is 42.6 Å². The number of hydrogen-bond donors (Lipinski definition) is 3. The normalized spacial score (nSPS) is 11.4. The number of nitrogens with one attached hydrogen (secondary N) is 2. The molecule has 1 atom stereocenters. The number of ether oxygens (including phenoxy) is 2. The fourth-order valence-corrected chi connectivity index (χ4v) is 5.60. The van der Waals surface area contributed by atoms with Crippen molar-refractivity contribution >= 4 is 40.4 Å². The van der Waals surface area contributed by atoms with Crippen molar-refractivity contribution in [2.24, 2.45) is 0 Å². The van der Waals surface area contributed by atoms with Gasteiger partial charge in [-0.05, 0) is 47.5 Å². The second-order valence-corrected chi connectivity index (χ2v) is 12.0. The number of para-hydroxylation sites is 1. The quantitative estimate of drug-likeness (QED) is 0.124. The molecular formula is C40H31FN4O10. The van der Waals surface area contributed by atoms with E-state index in [0.29, 0.717) is 16.5 Å². The first-order valence-corrected chi connectivity index (χ1v) is 16.7. The Hall–Kier alpha value is -7.42. The second-order valence-electron chi connectivity index (χ2n) is 12.0. The molecule has 0 aliphatic carbocycles. The number of amides is 2. The van der Waals surface area contributed by atoms with Gasteiger partial charge in [-0.2, -0.15) is 0 Å². The number of Topliss-reactive ketones (excluding diaryl/α,β-unsaturated/α-hetero) is 1. The van der Waals surface area contributed by atoms with Crippen LogP contribution in [0.15, 0.2) is 129 Å². The van der Waals surface area contributed by atoms with Gasteiger partial charge >= 0.3 is 17.7 Å². The maximum Gasteiger partial charge on any atom is 0.412 e. The monoisotopic (exact) mass is 746 g/mol. The third kappa shape index (κ3) is 9.15. The van der Waals surface area contributed by atoms with E-state index in [1.54, 1.807) is 84.9 Å². The number of anilines is 1. The van der Waals surface area contributed by atoms with E-state index in [0.717, 1.165) is 22.9 Å². The Morgan fingerprint density at radius 1 is 0.855 bits per heavy atom. The predicted octanol–water partition coefficient (Wildman–Crippen LogP) is 5.18. The number of fused-ring (bicyclic) bond motifs is 1. The summed E-state index contributed by atoms with van der Waals surface area (Å²) in [6, 6.07) is 26.9. The molecule has 0 saturated heterocycles. The van der Waals surface area contributed by atoms with Gasteiger partial charge in [-0.3, -0.25) is 29.1 Å². The molecule has 6 aromatic rings. The zero-order chi connectivity index (χ0) is 38.9. The molecule has 6 rings (SSSR count). The molecular weight excluding hydrogens is 715 g/mol. The van der Waals surface area contributed by atoms with Gasteiger partial charge in [-0.25, -0.2) is 19.0 Å². The molecule has 2 heterocycles. The highest BCUT2D eigenvalue weighted by Crippen LogP contribution is 2.34. The van der Waals surface area contributed by atoms with Gasteiger partial charge in [-0.15, -0.1) is 0 Å². The molecule has 0 aliphatic rings. The van der Waals surface area contributed by atoms with Crippen LogP contribution < -0.4 is 26.6 Å². The summed E-state index contributed by atoms with van der Waals surface area (Å²) in [6.07, 6.45) is -0.797. The molecule has 0 saturated carbocycles. The number of aliphatic carboxylic acids is 1. The van der Waals surface area contributed by atoms with Crippen molar-refractivity contribution in [2.75, 3.05) is 11.9 Å². The first kappa shape index (κ1) is 37.3. The minimum absolute atomic E-state index is 0.0139. The molecule has 4 aromatic carbocycles. The topological polar surface area (TPSA) is 196 Å². The largest absolute Gasteiger partial charge is 0.484 e. The van der Waals surface area contributed by atoms with E-state index >= 15 is 0 Å². The maximum absolute atomic E-state index is 13.8. The fourth-order valence-electron chi connectivity index (χ4n) is 5.60. The van der Waals surface area contributed by atoms with Gasteiger partial charge in [0.15, 0.2) is 5.78 Å². The average molecular weight is 747 g/mol. The summed E-state index contributed by atoms with van der Waals surface area (Å²) in [4.78, 5) is 82.5.